The van der Waals surface area contributed by atoms with Crippen LogP contribution in [0.5, 0.6) is 0 Å². The quantitative estimate of drug-likeness (QED) is 0.804. The minimum Gasteiger partial charge on any atom is -0.378 e. The van der Waals surface area contributed by atoms with Gasteiger partial charge in [-0.15, -0.1) is 0 Å². The highest BCUT2D eigenvalue weighted by Crippen LogP contribution is 2.19. The highest BCUT2D eigenvalue weighted by atomic mass is 16.5. The molecule has 2 fully saturated rings. The fourth-order valence-electron chi connectivity index (χ4n) is 4.19. The molecule has 1 atom stereocenters. The zero-order valence-electron chi connectivity index (χ0n) is 17.8. The molecule has 7 nitrogen and oxygen atoms in total. The number of aromatic nitrogens is 2. The number of aryl methyl sites for hydroxylation is 1. The van der Waals surface area contributed by atoms with Gasteiger partial charge in [-0.25, -0.2) is 9.97 Å². The molecule has 1 N–H and O–H groups in total. The summed E-state index contributed by atoms with van der Waals surface area (Å²) in [5, 5.41) is 3.21. The summed E-state index contributed by atoms with van der Waals surface area (Å²) in [6.07, 6.45) is 4.93. The van der Waals surface area contributed by atoms with Crippen molar-refractivity contribution in [1.29, 1.82) is 0 Å². The largest absolute Gasteiger partial charge is 0.378 e. The van der Waals surface area contributed by atoms with Crippen LogP contribution in [0.4, 0.5) is 5.95 Å². The van der Waals surface area contributed by atoms with Gasteiger partial charge in [-0.2, -0.15) is 0 Å². The number of carbonyl (C=O) groups is 1. The molecule has 0 bridgehead atoms. The molecule has 156 valence electrons. The third-order valence-corrected chi connectivity index (χ3v) is 5.54. The number of nitrogens with one attached hydrogen (secondary N) is 1. The molecular weight excluding hydrogens is 354 g/mol. The second-order valence-corrected chi connectivity index (χ2v) is 8.80. The van der Waals surface area contributed by atoms with Gasteiger partial charge < -0.3 is 19.9 Å². The first-order chi connectivity index (χ1) is 13.4. The zero-order chi connectivity index (χ0) is 20.1. The number of ether oxygens (including phenoxy) is 1. The Bertz CT molecular complexity index is 673. The summed E-state index contributed by atoms with van der Waals surface area (Å²) in [5.74, 6) is 1.34. The Morgan fingerprint density at radius 1 is 1.32 bits per heavy atom. The summed E-state index contributed by atoms with van der Waals surface area (Å²) in [7, 11) is 0. The first-order valence-corrected chi connectivity index (χ1v) is 10.6. The zero-order valence-corrected chi connectivity index (χ0v) is 17.8. The Balaban J connectivity index is 1.66. The predicted molar refractivity (Wildman–Crippen MR) is 111 cm³/mol. The lowest BCUT2D eigenvalue weighted by Crippen LogP contribution is -2.53. The number of rotatable bonds is 6. The lowest BCUT2D eigenvalue weighted by Gasteiger charge is -2.37. The van der Waals surface area contributed by atoms with Crippen LogP contribution in [0, 0.1) is 5.92 Å². The summed E-state index contributed by atoms with van der Waals surface area (Å²) < 4.78 is 5.40. The smallest absolute Gasteiger partial charge is 0.255 e. The molecule has 7 heteroatoms. The maximum atomic E-state index is 13.0. The number of carbonyl (C=O) groups excluding carboxylic acids is 1. The number of morpholine rings is 1. The monoisotopic (exact) mass is 389 g/mol. The van der Waals surface area contributed by atoms with E-state index in [4.69, 9.17) is 4.74 Å². The van der Waals surface area contributed by atoms with Gasteiger partial charge >= 0.3 is 0 Å². The average Bonchev–Trinajstić information content (AvgIpc) is 2.67. The maximum absolute atomic E-state index is 13.0. The molecule has 3 rings (SSSR count). The summed E-state index contributed by atoms with van der Waals surface area (Å²) in [5.41, 5.74) is 1.08. The molecule has 0 radical (unpaired) electrons. The topological polar surface area (TPSA) is 70.6 Å². The van der Waals surface area contributed by atoms with E-state index in [1.807, 2.05) is 6.92 Å². The van der Waals surface area contributed by atoms with E-state index in [-0.39, 0.29) is 11.4 Å². The number of anilines is 1. The molecule has 2 aliphatic rings. The summed E-state index contributed by atoms with van der Waals surface area (Å²) in [6.45, 7) is 14.6. The lowest BCUT2D eigenvalue weighted by atomic mass is 9.97. The summed E-state index contributed by atoms with van der Waals surface area (Å²) in [4.78, 5) is 26.7. The van der Waals surface area contributed by atoms with Crippen molar-refractivity contribution >= 4 is 11.9 Å². The number of hydrogen-bond donors (Lipinski definition) is 1. The molecule has 0 aromatic carbocycles. The Morgan fingerprint density at radius 2 is 2.07 bits per heavy atom. The van der Waals surface area contributed by atoms with Crippen LogP contribution >= 0.6 is 0 Å². The van der Waals surface area contributed by atoms with Crippen molar-refractivity contribution in [3.8, 4) is 0 Å². The first-order valence-electron chi connectivity index (χ1n) is 10.6. The van der Waals surface area contributed by atoms with Gasteiger partial charge in [-0.05, 0) is 45.6 Å². The molecule has 0 aliphatic carbocycles. The molecule has 0 saturated carbocycles. The van der Waals surface area contributed by atoms with E-state index in [0.29, 0.717) is 31.1 Å². The van der Waals surface area contributed by atoms with E-state index >= 15 is 0 Å². The fourth-order valence-corrected chi connectivity index (χ4v) is 4.19. The minimum atomic E-state index is -0.304. The van der Waals surface area contributed by atoms with Gasteiger partial charge in [0.15, 0.2) is 0 Å². The summed E-state index contributed by atoms with van der Waals surface area (Å²) >= 11 is 0. The van der Waals surface area contributed by atoms with Crippen molar-refractivity contribution in [1.82, 2.24) is 20.2 Å². The highest BCUT2D eigenvalue weighted by molar-refractivity contribution is 5.95. The van der Waals surface area contributed by atoms with Crippen LogP contribution in [-0.2, 0) is 11.2 Å². The predicted octanol–water partition coefficient (Wildman–Crippen LogP) is 2.12. The van der Waals surface area contributed by atoms with E-state index in [1.54, 1.807) is 6.20 Å². The summed E-state index contributed by atoms with van der Waals surface area (Å²) in [6, 6.07) is 0. The lowest BCUT2D eigenvalue weighted by molar-refractivity contribution is 0.0861. The average molecular weight is 390 g/mol. The minimum absolute atomic E-state index is 0.0829. The third-order valence-electron chi connectivity index (χ3n) is 5.54. The molecule has 0 unspecified atom stereocenters. The maximum Gasteiger partial charge on any atom is 0.255 e. The van der Waals surface area contributed by atoms with E-state index < -0.39 is 0 Å². The Kier molecular flexibility index (Phi) is 6.88. The normalized spacial score (nSPS) is 21.6. The van der Waals surface area contributed by atoms with E-state index in [2.05, 4.69) is 45.9 Å². The first kappa shape index (κ1) is 21.0. The van der Waals surface area contributed by atoms with Crippen molar-refractivity contribution < 1.29 is 9.53 Å². The molecule has 1 aromatic rings. The van der Waals surface area contributed by atoms with Gasteiger partial charge in [0.05, 0.1) is 24.5 Å². The number of hydrogen-bond acceptors (Lipinski definition) is 6. The van der Waals surface area contributed by atoms with Crippen LogP contribution in [0.2, 0.25) is 0 Å². The SMILES string of the molecule is CCc1nc(N2CCOCC2)ncc1C(=O)NC(C)(C)CN1CCC[C@H](C)C1. The Hall–Kier alpha value is -1.73. The van der Waals surface area contributed by atoms with Crippen LogP contribution in [0.25, 0.3) is 0 Å². The van der Waals surface area contributed by atoms with Crippen LogP contribution in [0.3, 0.4) is 0 Å². The molecule has 2 saturated heterocycles. The van der Waals surface area contributed by atoms with Crippen molar-refractivity contribution in [3.05, 3.63) is 17.5 Å². The van der Waals surface area contributed by atoms with Gasteiger partial charge in [0.2, 0.25) is 5.95 Å². The Labute approximate surface area is 168 Å². The molecule has 1 amide bonds. The van der Waals surface area contributed by atoms with Crippen LogP contribution < -0.4 is 10.2 Å². The molecule has 28 heavy (non-hydrogen) atoms. The van der Waals surface area contributed by atoms with Crippen LogP contribution in [-0.4, -0.2) is 72.3 Å². The number of piperidine rings is 1. The molecule has 2 aliphatic heterocycles. The van der Waals surface area contributed by atoms with E-state index in [9.17, 15) is 4.79 Å². The van der Waals surface area contributed by atoms with Crippen LogP contribution in [0.15, 0.2) is 6.20 Å². The van der Waals surface area contributed by atoms with Crippen LogP contribution in [0.1, 0.15) is 56.6 Å². The second kappa shape index (κ2) is 9.18. The number of amides is 1. The van der Waals surface area contributed by atoms with Crippen molar-refractivity contribution in [2.75, 3.05) is 50.8 Å². The van der Waals surface area contributed by atoms with E-state index in [1.165, 1.54) is 12.8 Å². The van der Waals surface area contributed by atoms with Crippen molar-refractivity contribution in [3.63, 3.8) is 0 Å². The second-order valence-electron chi connectivity index (χ2n) is 8.80. The molecule has 3 heterocycles. The third kappa shape index (κ3) is 5.41. The fraction of sp³-hybridized carbons (Fsp3) is 0.762. The van der Waals surface area contributed by atoms with Crippen molar-refractivity contribution in [2.45, 2.75) is 52.5 Å². The number of likely N-dealkylation sites (tertiary alicyclic amines) is 1. The van der Waals surface area contributed by atoms with Gasteiger partial charge in [-0.1, -0.05) is 13.8 Å². The molecule has 1 aromatic heterocycles. The highest BCUT2D eigenvalue weighted by Gasteiger charge is 2.28. The van der Waals surface area contributed by atoms with E-state index in [0.717, 1.165) is 44.3 Å². The van der Waals surface area contributed by atoms with Gasteiger partial charge in [0.25, 0.3) is 5.91 Å². The van der Waals surface area contributed by atoms with Gasteiger partial charge in [0.1, 0.15) is 0 Å². The molecular formula is C21H35N5O2. The number of nitrogens with zero attached hydrogens (tertiary/aromatic N) is 4. The van der Waals surface area contributed by atoms with Gasteiger partial charge in [-0.3, -0.25) is 4.79 Å². The standard InChI is InChI=1S/C21H35N5O2/c1-5-18-17(13-22-20(23-18)26-9-11-28-12-10-26)19(27)24-21(3,4)15-25-8-6-7-16(2)14-25/h13,16H,5-12,14-15H2,1-4H3,(H,24,27)/t16-/m0/s1. The van der Waals surface area contributed by atoms with Crippen molar-refractivity contribution in [2.24, 2.45) is 5.92 Å². The molecule has 0 spiro atoms. The Morgan fingerprint density at radius 3 is 2.75 bits per heavy atom. The van der Waals surface area contributed by atoms with Gasteiger partial charge in [0, 0.05) is 37.9 Å².